The molecule has 0 unspecified atom stereocenters. The average Bonchev–Trinajstić information content (AvgIpc) is 3.07. The minimum atomic E-state index is -0.0585. The van der Waals surface area contributed by atoms with Gasteiger partial charge < -0.3 is 15.2 Å². The summed E-state index contributed by atoms with van der Waals surface area (Å²) < 4.78 is 11.5. The van der Waals surface area contributed by atoms with Gasteiger partial charge in [0.15, 0.2) is 11.5 Å². The Balaban J connectivity index is 2.10. The fourth-order valence-corrected chi connectivity index (χ4v) is 2.97. The topological polar surface area (TPSA) is 44.5 Å². The van der Waals surface area contributed by atoms with Gasteiger partial charge in [-0.3, -0.25) is 0 Å². The summed E-state index contributed by atoms with van der Waals surface area (Å²) in [6.07, 6.45) is 2.99. The molecule has 1 aliphatic heterocycles. The Morgan fingerprint density at radius 3 is 2.63 bits per heavy atom. The third-order valence-corrected chi connectivity index (χ3v) is 4.26. The van der Waals surface area contributed by atoms with E-state index in [-0.39, 0.29) is 5.54 Å². The molecule has 2 aliphatic rings. The Hall–Kier alpha value is -0.930. The summed E-state index contributed by atoms with van der Waals surface area (Å²) in [6, 6.07) is 1.88. The summed E-state index contributed by atoms with van der Waals surface area (Å²) in [5, 5.41) is 0.754. The second-order valence-electron chi connectivity index (χ2n) is 5.97. The van der Waals surface area contributed by atoms with Crippen molar-refractivity contribution in [3.63, 3.8) is 0 Å². The number of hydrogen-bond acceptors (Lipinski definition) is 3. The first kappa shape index (κ1) is 13.1. The van der Waals surface area contributed by atoms with Crippen LogP contribution in [-0.2, 0) is 6.42 Å². The predicted molar refractivity (Wildman–Crippen MR) is 76.4 cm³/mol. The van der Waals surface area contributed by atoms with Crippen molar-refractivity contribution in [3.05, 3.63) is 22.2 Å². The van der Waals surface area contributed by atoms with E-state index in [0.29, 0.717) is 19.1 Å². The van der Waals surface area contributed by atoms with Crippen molar-refractivity contribution in [3.8, 4) is 11.5 Å². The van der Waals surface area contributed by atoms with E-state index in [0.717, 1.165) is 41.3 Å². The predicted octanol–water partition coefficient (Wildman–Crippen LogP) is 3.27. The average molecular weight is 282 g/mol. The number of halogens is 1. The molecular formula is C15H20ClNO2. The summed E-state index contributed by atoms with van der Waals surface area (Å²) in [6.45, 7) is 5.50. The smallest absolute Gasteiger partial charge is 0.165 e. The number of fused-ring (bicyclic) bond motifs is 1. The van der Waals surface area contributed by atoms with E-state index in [1.165, 1.54) is 5.56 Å². The van der Waals surface area contributed by atoms with Crippen LogP contribution in [0.2, 0.25) is 5.02 Å². The Labute approximate surface area is 119 Å². The van der Waals surface area contributed by atoms with E-state index >= 15 is 0 Å². The van der Waals surface area contributed by atoms with Crippen molar-refractivity contribution >= 4 is 11.6 Å². The van der Waals surface area contributed by atoms with Crippen molar-refractivity contribution in [1.82, 2.24) is 0 Å². The molecule has 1 fully saturated rings. The van der Waals surface area contributed by atoms with Crippen LogP contribution in [0, 0.1) is 0 Å². The summed E-state index contributed by atoms with van der Waals surface area (Å²) in [4.78, 5) is 0. The standard InChI is InChI=1S/C15H20ClNO2/c1-9(2)13-10(8-15(17)3-4-15)11(16)7-12-14(13)19-6-5-18-12/h7,9H,3-6,8,17H2,1-2H3. The van der Waals surface area contributed by atoms with Gasteiger partial charge in [0.2, 0.25) is 0 Å². The molecule has 0 radical (unpaired) electrons. The molecule has 0 amide bonds. The second-order valence-corrected chi connectivity index (χ2v) is 6.38. The van der Waals surface area contributed by atoms with Crippen LogP contribution in [0.25, 0.3) is 0 Å². The molecule has 0 saturated heterocycles. The van der Waals surface area contributed by atoms with Gasteiger partial charge in [0.1, 0.15) is 13.2 Å². The first-order chi connectivity index (χ1) is 9.00. The van der Waals surface area contributed by atoms with Crippen LogP contribution in [-0.4, -0.2) is 18.8 Å². The number of rotatable bonds is 3. The highest BCUT2D eigenvalue weighted by Gasteiger charge is 2.40. The van der Waals surface area contributed by atoms with Gasteiger partial charge in [-0.05, 0) is 30.7 Å². The first-order valence-corrected chi connectivity index (χ1v) is 7.28. The van der Waals surface area contributed by atoms with Crippen LogP contribution in [0.4, 0.5) is 0 Å². The third-order valence-electron chi connectivity index (χ3n) is 3.93. The lowest BCUT2D eigenvalue weighted by atomic mass is 9.91. The van der Waals surface area contributed by atoms with Crippen molar-refractivity contribution in [2.75, 3.05) is 13.2 Å². The van der Waals surface area contributed by atoms with Gasteiger partial charge in [-0.1, -0.05) is 25.4 Å². The molecule has 4 heteroatoms. The number of benzene rings is 1. The van der Waals surface area contributed by atoms with Gasteiger partial charge in [0, 0.05) is 22.2 Å². The monoisotopic (exact) mass is 281 g/mol. The molecule has 1 heterocycles. The highest BCUT2D eigenvalue weighted by Crippen LogP contribution is 2.46. The Morgan fingerprint density at radius 1 is 1.32 bits per heavy atom. The molecule has 1 aromatic rings. The highest BCUT2D eigenvalue weighted by molar-refractivity contribution is 6.31. The van der Waals surface area contributed by atoms with E-state index in [1.54, 1.807) is 0 Å². The minimum absolute atomic E-state index is 0.0585. The van der Waals surface area contributed by atoms with Crippen molar-refractivity contribution in [1.29, 1.82) is 0 Å². The normalized spacial score (nSPS) is 19.6. The maximum absolute atomic E-state index is 6.45. The van der Waals surface area contributed by atoms with Crippen LogP contribution >= 0.6 is 11.6 Å². The number of nitrogens with two attached hydrogens (primary N) is 1. The van der Waals surface area contributed by atoms with Crippen molar-refractivity contribution in [2.45, 2.75) is 44.6 Å². The van der Waals surface area contributed by atoms with Gasteiger partial charge in [-0.15, -0.1) is 0 Å². The fourth-order valence-electron chi connectivity index (χ4n) is 2.70. The molecule has 0 aromatic heterocycles. The van der Waals surface area contributed by atoms with E-state index in [1.807, 2.05) is 6.07 Å². The summed E-state index contributed by atoms with van der Waals surface area (Å²) >= 11 is 6.45. The van der Waals surface area contributed by atoms with E-state index in [2.05, 4.69) is 13.8 Å². The quantitative estimate of drug-likeness (QED) is 0.925. The first-order valence-electron chi connectivity index (χ1n) is 6.90. The maximum atomic E-state index is 6.45. The lowest BCUT2D eigenvalue weighted by Gasteiger charge is -2.26. The molecule has 0 bridgehead atoms. The molecule has 1 aliphatic carbocycles. The molecule has 1 saturated carbocycles. The van der Waals surface area contributed by atoms with E-state index in [4.69, 9.17) is 26.8 Å². The zero-order chi connectivity index (χ0) is 13.6. The van der Waals surface area contributed by atoms with Crippen molar-refractivity contribution in [2.24, 2.45) is 5.73 Å². The minimum Gasteiger partial charge on any atom is -0.486 e. The van der Waals surface area contributed by atoms with Crippen LogP contribution in [0.5, 0.6) is 11.5 Å². The molecule has 2 N–H and O–H groups in total. The maximum Gasteiger partial charge on any atom is 0.165 e. The molecule has 0 spiro atoms. The molecule has 3 nitrogen and oxygen atoms in total. The van der Waals surface area contributed by atoms with Gasteiger partial charge in [-0.25, -0.2) is 0 Å². The summed E-state index contributed by atoms with van der Waals surface area (Å²) in [5.74, 6) is 1.97. The fraction of sp³-hybridized carbons (Fsp3) is 0.600. The number of ether oxygens (including phenoxy) is 2. The van der Waals surface area contributed by atoms with Crippen LogP contribution in [0.3, 0.4) is 0 Å². The zero-order valence-corrected chi connectivity index (χ0v) is 12.2. The zero-order valence-electron chi connectivity index (χ0n) is 11.5. The lowest BCUT2D eigenvalue weighted by molar-refractivity contribution is 0.169. The van der Waals surface area contributed by atoms with Gasteiger partial charge >= 0.3 is 0 Å². The largest absolute Gasteiger partial charge is 0.486 e. The SMILES string of the molecule is CC(C)c1c(CC2(N)CC2)c(Cl)cc2c1OCCO2. The van der Waals surface area contributed by atoms with E-state index < -0.39 is 0 Å². The summed E-state index contributed by atoms with van der Waals surface area (Å²) in [7, 11) is 0. The highest BCUT2D eigenvalue weighted by atomic mass is 35.5. The Bertz CT molecular complexity index is 509. The molecular weight excluding hydrogens is 262 g/mol. The molecule has 3 rings (SSSR count). The van der Waals surface area contributed by atoms with Gasteiger partial charge in [-0.2, -0.15) is 0 Å². The van der Waals surface area contributed by atoms with Gasteiger partial charge in [0.25, 0.3) is 0 Å². The molecule has 1 aromatic carbocycles. The van der Waals surface area contributed by atoms with Crippen molar-refractivity contribution < 1.29 is 9.47 Å². The second kappa shape index (κ2) is 4.57. The molecule has 19 heavy (non-hydrogen) atoms. The summed E-state index contributed by atoms with van der Waals surface area (Å²) in [5.41, 5.74) is 8.51. The van der Waals surface area contributed by atoms with Crippen LogP contribution in [0.1, 0.15) is 43.7 Å². The van der Waals surface area contributed by atoms with Crippen LogP contribution < -0.4 is 15.2 Å². The Kier molecular flexibility index (Phi) is 3.14. The number of hydrogen-bond donors (Lipinski definition) is 1. The lowest BCUT2D eigenvalue weighted by Crippen LogP contribution is -2.26. The van der Waals surface area contributed by atoms with Crippen LogP contribution in [0.15, 0.2) is 6.07 Å². The molecule has 104 valence electrons. The third kappa shape index (κ3) is 2.41. The van der Waals surface area contributed by atoms with E-state index in [9.17, 15) is 0 Å². The molecule has 0 atom stereocenters. The Morgan fingerprint density at radius 2 is 2.00 bits per heavy atom. The van der Waals surface area contributed by atoms with Gasteiger partial charge in [0.05, 0.1) is 0 Å².